The second-order valence-electron chi connectivity index (χ2n) is 3.87. The van der Waals surface area contributed by atoms with Gasteiger partial charge < -0.3 is 5.11 Å². The van der Waals surface area contributed by atoms with Gasteiger partial charge in [-0.25, -0.2) is 4.79 Å². The molecule has 0 saturated carbocycles. The van der Waals surface area contributed by atoms with Crippen LogP contribution in [0.4, 0.5) is 0 Å². The first-order valence-electron chi connectivity index (χ1n) is 5.75. The molecule has 0 spiro atoms. The molecule has 19 heavy (non-hydrogen) atoms. The molecule has 2 rings (SSSR count). The molecule has 0 fully saturated rings. The number of hydrogen-bond donors (Lipinski definition) is 3. The fraction of sp³-hybridized carbons (Fsp3) is 0.250. The second-order valence-corrected chi connectivity index (χ2v) is 5.06. The summed E-state index contributed by atoms with van der Waals surface area (Å²) in [6.45, 7) is 2.00. The molecule has 1 aromatic rings. The number of aromatic carboxylic acids is 1. The maximum absolute atomic E-state index is 12.0. The number of nitrogens with zero attached hydrogens (tertiary/aromatic N) is 1. The Labute approximate surface area is 114 Å². The number of amides is 1. The molecule has 7 heteroatoms. The smallest absolute Gasteiger partial charge is 0.336 e. The van der Waals surface area contributed by atoms with Crippen LogP contribution in [0.3, 0.4) is 0 Å². The number of carboxylic acids is 1. The molecule has 1 aliphatic rings. The molecule has 0 radical (unpaired) electrons. The monoisotopic (exact) mass is 279 g/mol. The zero-order valence-electron chi connectivity index (χ0n) is 10.2. The number of carbonyl (C=O) groups excluding carboxylic acids is 1. The Morgan fingerprint density at radius 2 is 2.11 bits per heavy atom. The lowest BCUT2D eigenvalue weighted by Gasteiger charge is -2.07. The number of hydrogen-bond acceptors (Lipinski definition) is 5. The van der Waals surface area contributed by atoms with E-state index in [2.05, 4.69) is 15.8 Å². The summed E-state index contributed by atoms with van der Waals surface area (Å²) >= 11 is 1.41. The van der Waals surface area contributed by atoms with Crippen molar-refractivity contribution in [1.82, 2.24) is 10.7 Å². The van der Waals surface area contributed by atoms with Gasteiger partial charge in [0.25, 0.3) is 5.91 Å². The molecule has 0 aliphatic carbocycles. The van der Waals surface area contributed by atoms with E-state index in [4.69, 9.17) is 5.11 Å². The van der Waals surface area contributed by atoms with Crippen LogP contribution in [0.2, 0.25) is 0 Å². The van der Waals surface area contributed by atoms with E-state index >= 15 is 0 Å². The van der Waals surface area contributed by atoms with Gasteiger partial charge >= 0.3 is 5.97 Å². The lowest BCUT2D eigenvalue weighted by molar-refractivity contribution is 0.0691. The van der Waals surface area contributed by atoms with Crippen molar-refractivity contribution in [1.29, 1.82) is 0 Å². The quantitative estimate of drug-likeness (QED) is 0.779. The van der Waals surface area contributed by atoms with Gasteiger partial charge in [0.05, 0.1) is 16.5 Å². The zero-order valence-corrected chi connectivity index (χ0v) is 11.0. The second kappa shape index (κ2) is 5.75. The zero-order chi connectivity index (χ0) is 13.8. The summed E-state index contributed by atoms with van der Waals surface area (Å²) in [5.41, 5.74) is 2.97. The van der Waals surface area contributed by atoms with Gasteiger partial charge in [-0.3, -0.25) is 15.5 Å². The maximum Gasteiger partial charge on any atom is 0.336 e. The summed E-state index contributed by atoms with van der Waals surface area (Å²) in [4.78, 5) is 23.1. The predicted molar refractivity (Wildman–Crippen MR) is 73.1 cm³/mol. The number of rotatable bonds is 3. The predicted octanol–water partition coefficient (Wildman–Crippen LogP) is 1.46. The minimum atomic E-state index is -1.13. The van der Waals surface area contributed by atoms with Crippen molar-refractivity contribution in [3.8, 4) is 0 Å². The minimum absolute atomic E-state index is 0.0244. The molecule has 0 aromatic heterocycles. The van der Waals surface area contributed by atoms with Crippen molar-refractivity contribution in [2.75, 3.05) is 0 Å². The van der Waals surface area contributed by atoms with E-state index < -0.39 is 11.9 Å². The standard InChI is InChI=1S/C12H13N3O3S/c1-2-9-14-15-12(19-9)13-10(16)7-5-3-4-6-8(7)11(17)18/h3-6,9,14H,2H2,1H3,(H,17,18)(H,13,15,16). The van der Waals surface area contributed by atoms with Crippen molar-refractivity contribution in [3.63, 3.8) is 0 Å². The maximum atomic E-state index is 12.0. The highest BCUT2D eigenvalue weighted by Crippen LogP contribution is 2.18. The number of amidine groups is 1. The minimum Gasteiger partial charge on any atom is -0.478 e. The Bertz CT molecular complexity index is 545. The van der Waals surface area contributed by atoms with Crippen LogP contribution in [0.5, 0.6) is 0 Å². The first-order valence-corrected chi connectivity index (χ1v) is 6.63. The summed E-state index contributed by atoms with van der Waals surface area (Å²) in [5.74, 6) is -1.60. The molecular formula is C12H13N3O3S. The van der Waals surface area contributed by atoms with Gasteiger partial charge in [0.2, 0.25) is 0 Å². The van der Waals surface area contributed by atoms with E-state index in [9.17, 15) is 9.59 Å². The van der Waals surface area contributed by atoms with Crippen LogP contribution in [-0.2, 0) is 0 Å². The molecule has 1 aromatic carbocycles. The summed E-state index contributed by atoms with van der Waals surface area (Å²) in [6, 6.07) is 6.08. The van der Waals surface area contributed by atoms with Gasteiger partial charge in [-0.2, -0.15) is 5.10 Å². The normalized spacial score (nSPS) is 17.5. The van der Waals surface area contributed by atoms with Crippen molar-refractivity contribution < 1.29 is 14.7 Å². The summed E-state index contributed by atoms with van der Waals surface area (Å²) in [6.07, 6.45) is 0.874. The average molecular weight is 279 g/mol. The van der Waals surface area contributed by atoms with E-state index in [1.54, 1.807) is 12.1 Å². The molecule has 1 heterocycles. The molecular weight excluding hydrogens is 266 g/mol. The van der Waals surface area contributed by atoms with Crippen LogP contribution in [0.15, 0.2) is 29.4 Å². The molecule has 0 saturated heterocycles. The number of thioether (sulfide) groups is 1. The lowest BCUT2D eigenvalue weighted by atomic mass is 10.1. The highest BCUT2D eigenvalue weighted by Gasteiger charge is 2.22. The molecule has 3 N–H and O–H groups in total. The topological polar surface area (TPSA) is 90.8 Å². The van der Waals surface area contributed by atoms with Crippen LogP contribution in [0, 0.1) is 0 Å². The summed E-state index contributed by atoms with van der Waals surface area (Å²) < 4.78 is 0. The lowest BCUT2D eigenvalue weighted by Crippen LogP contribution is -2.29. The van der Waals surface area contributed by atoms with Gasteiger partial charge in [0, 0.05) is 0 Å². The van der Waals surface area contributed by atoms with Gasteiger partial charge in [0.15, 0.2) is 5.17 Å². The Balaban J connectivity index is 2.11. The first-order chi connectivity index (χ1) is 9.11. The van der Waals surface area contributed by atoms with Crippen molar-refractivity contribution in [2.45, 2.75) is 18.7 Å². The third-order valence-corrected chi connectivity index (χ3v) is 3.70. The van der Waals surface area contributed by atoms with Crippen LogP contribution in [0.25, 0.3) is 0 Å². The van der Waals surface area contributed by atoms with Crippen LogP contribution >= 0.6 is 11.8 Å². The van der Waals surface area contributed by atoms with Crippen LogP contribution in [0.1, 0.15) is 34.1 Å². The number of nitrogens with one attached hydrogen (secondary N) is 2. The molecule has 6 nitrogen and oxygen atoms in total. The fourth-order valence-corrected chi connectivity index (χ4v) is 2.38. The van der Waals surface area contributed by atoms with Crippen molar-refractivity contribution in [3.05, 3.63) is 35.4 Å². The number of carboxylic acid groups (broad SMARTS) is 1. The van der Waals surface area contributed by atoms with Gasteiger partial charge in [-0.05, 0) is 18.6 Å². The van der Waals surface area contributed by atoms with E-state index in [0.717, 1.165) is 6.42 Å². The third-order valence-electron chi connectivity index (χ3n) is 2.56. The molecule has 100 valence electrons. The average Bonchev–Trinajstić information content (AvgIpc) is 2.86. The van der Waals surface area contributed by atoms with Gasteiger partial charge in [-0.1, -0.05) is 30.8 Å². The van der Waals surface area contributed by atoms with Crippen LogP contribution in [-0.4, -0.2) is 27.5 Å². The Kier molecular flexibility index (Phi) is 4.06. The molecule has 0 bridgehead atoms. The van der Waals surface area contributed by atoms with Crippen molar-refractivity contribution >= 4 is 28.8 Å². The molecule has 1 atom stereocenters. The third kappa shape index (κ3) is 3.05. The van der Waals surface area contributed by atoms with Crippen molar-refractivity contribution in [2.24, 2.45) is 5.10 Å². The summed E-state index contributed by atoms with van der Waals surface area (Å²) in [7, 11) is 0. The SMILES string of the molecule is CCC1NN=C(NC(=O)c2ccccc2C(=O)O)S1. The Morgan fingerprint density at radius 3 is 2.68 bits per heavy atom. The highest BCUT2D eigenvalue weighted by atomic mass is 32.2. The van der Waals surface area contributed by atoms with E-state index in [1.165, 1.54) is 23.9 Å². The molecule has 1 unspecified atom stereocenters. The number of benzene rings is 1. The molecule has 1 amide bonds. The first kappa shape index (κ1) is 13.4. The highest BCUT2D eigenvalue weighted by molar-refractivity contribution is 8.14. The number of hydrazone groups is 1. The largest absolute Gasteiger partial charge is 0.478 e. The van der Waals surface area contributed by atoms with E-state index in [1.807, 2.05) is 6.92 Å². The van der Waals surface area contributed by atoms with Crippen LogP contribution < -0.4 is 10.7 Å². The van der Waals surface area contributed by atoms with Gasteiger partial charge in [-0.15, -0.1) is 0 Å². The van der Waals surface area contributed by atoms with E-state index in [-0.39, 0.29) is 16.5 Å². The fourth-order valence-electron chi connectivity index (χ4n) is 1.58. The molecule has 1 aliphatic heterocycles. The Morgan fingerprint density at radius 1 is 1.42 bits per heavy atom. The summed E-state index contributed by atoms with van der Waals surface area (Å²) in [5, 5.41) is 16.2. The number of carbonyl (C=O) groups is 2. The van der Waals surface area contributed by atoms with Gasteiger partial charge in [0.1, 0.15) is 0 Å². The van der Waals surface area contributed by atoms with E-state index in [0.29, 0.717) is 5.17 Å². The Hall–Kier alpha value is -2.02.